The summed E-state index contributed by atoms with van der Waals surface area (Å²) in [5, 5.41) is 3.77. The summed E-state index contributed by atoms with van der Waals surface area (Å²) in [5.41, 5.74) is 1.97. The highest BCUT2D eigenvalue weighted by atomic mass is 35.5. The van der Waals surface area contributed by atoms with Gasteiger partial charge in [0, 0.05) is 30.5 Å². The first kappa shape index (κ1) is 17.4. The molecule has 0 spiro atoms. The van der Waals surface area contributed by atoms with Gasteiger partial charge in [0.25, 0.3) is 0 Å². The average molecular weight is 356 g/mol. The van der Waals surface area contributed by atoms with Crippen molar-refractivity contribution in [1.82, 2.24) is 4.31 Å². The zero-order valence-electron chi connectivity index (χ0n) is 13.0. The number of anilines is 3. The molecule has 2 aromatic rings. The summed E-state index contributed by atoms with van der Waals surface area (Å²) in [6.07, 6.45) is 0. The van der Waals surface area contributed by atoms with E-state index in [1.165, 1.54) is 14.1 Å². The lowest BCUT2D eigenvalue weighted by Gasteiger charge is -2.14. The number of nitrogens with one attached hydrogen (secondary N) is 2. The van der Waals surface area contributed by atoms with Crippen molar-refractivity contribution in [2.45, 2.75) is 0 Å². The molecule has 0 bridgehead atoms. The van der Waals surface area contributed by atoms with Gasteiger partial charge in [0.15, 0.2) is 0 Å². The van der Waals surface area contributed by atoms with Crippen molar-refractivity contribution in [3.05, 3.63) is 47.5 Å². The van der Waals surface area contributed by atoms with Gasteiger partial charge in [-0.2, -0.15) is 12.7 Å². The van der Waals surface area contributed by atoms with Gasteiger partial charge >= 0.3 is 10.2 Å². The van der Waals surface area contributed by atoms with Crippen molar-refractivity contribution in [1.29, 1.82) is 0 Å². The van der Waals surface area contributed by atoms with Gasteiger partial charge in [0.2, 0.25) is 0 Å². The van der Waals surface area contributed by atoms with Gasteiger partial charge in [-0.1, -0.05) is 11.6 Å². The second-order valence-corrected chi connectivity index (χ2v) is 7.26. The number of hydrogen-bond acceptors (Lipinski definition) is 4. The van der Waals surface area contributed by atoms with Crippen LogP contribution >= 0.6 is 11.6 Å². The summed E-state index contributed by atoms with van der Waals surface area (Å²) in [6.45, 7) is 0. The summed E-state index contributed by atoms with van der Waals surface area (Å²) in [4.78, 5) is 0. The van der Waals surface area contributed by atoms with Crippen LogP contribution in [0, 0.1) is 0 Å². The lowest BCUT2D eigenvalue weighted by Crippen LogP contribution is -2.28. The Morgan fingerprint density at radius 1 is 1.04 bits per heavy atom. The molecule has 2 rings (SSSR count). The molecule has 8 heteroatoms. The fourth-order valence-electron chi connectivity index (χ4n) is 1.80. The maximum atomic E-state index is 11.8. The standard InChI is InChI=1S/C15H18ClN3O3S/c1-19(2)23(20,21)18-13-7-5-12(6-8-13)17-14-10-11(16)4-9-15(14)22-3/h4-10,17-18H,1-3H3. The summed E-state index contributed by atoms with van der Waals surface area (Å²) >= 11 is 5.99. The summed E-state index contributed by atoms with van der Waals surface area (Å²) < 4.78 is 32.4. The molecule has 0 heterocycles. The summed E-state index contributed by atoms with van der Waals surface area (Å²) in [5.74, 6) is 0.659. The third-order valence-electron chi connectivity index (χ3n) is 3.05. The fourth-order valence-corrected chi connectivity index (χ4v) is 2.58. The molecule has 2 N–H and O–H groups in total. The molecule has 0 aliphatic rings. The Hall–Kier alpha value is -1.96. The molecule has 0 saturated carbocycles. The third kappa shape index (κ3) is 4.51. The van der Waals surface area contributed by atoms with Crippen LogP contribution in [0.5, 0.6) is 5.75 Å². The highest BCUT2D eigenvalue weighted by Gasteiger charge is 2.12. The second kappa shape index (κ2) is 7.08. The van der Waals surface area contributed by atoms with E-state index in [4.69, 9.17) is 16.3 Å². The maximum Gasteiger partial charge on any atom is 0.301 e. The Kier molecular flexibility index (Phi) is 5.35. The molecule has 2 aromatic carbocycles. The van der Waals surface area contributed by atoms with Crippen LogP contribution in [0.2, 0.25) is 5.02 Å². The van der Waals surface area contributed by atoms with E-state index in [0.717, 1.165) is 15.7 Å². The normalized spacial score (nSPS) is 11.3. The van der Waals surface area contributed by atoms with Crippen LogP contribution in [-0.4, -0.2) is 33.9 Å². The molecule has 6 nitrogen and oxygen atoms in total. The number of rotatable bonds is 6. The highest BCUT2D eigenvalue weighted by Crippen LogP contribution is 2.30. The Labute approximate surface area is 141 Å². The van der Waals surface area contributed by atoms with Crippen molar-refractivity contribution < 1.29 is 13.2 Å². The predicted octanol–water partition coefficient (Wildman–Crippen LogP) is 3.31. The molecule has 0 aliphatic heterocycles. The smallest absolute Gasteiger partial charge is 0.301 e. The van der Waals surface area contributed by atoms with Crippen LogP contribution in [0.1, 0.15) is 0 Å². The zero-order chi connectivity index (χ0) is 17.0. The van der Waals surface area contributed by atoms with Crippen molar-refractivity contribution >= 4 is 38.9 Å². The first-order valence-corrected chi connectivity index (χ1v) is 8.54. The van der Waals surface area contributed by atoms with Gasteiger partial charge in [0.05, 0.1) is 12.8 Å². The first-order chi connectivity index (χ1) is 10.8. The SMILES string of the molecule is COc1ccc(Cl)cc1Nc1ccc(NS(=O)(=O)N(C)C)cc1. The Bertz CT molecular complexity index is 777. The van der Waals surface area contributed by atoms with E-state index in [2.05, 4.69) is 10.0 Å². The minimum absolute atomic E-state index is 0.474. The van der Waals surface area contributed by atoms with Crippen LogP contribution in [-0.2, 0) is 10.2 Å². The van der Waals surface area contributed by atoms with Crippen LogP contribution in [0.3, 0.4) is 0 Å². The van der Waals surface area contributed by atoms with Crippen LogP contribution in [0.15, 0.2) is 42.5 Å². The maximum absolute atomic E-state index is 11.8. The topological polar surface area (TPSA) is 70.7 Å². The summed E-state index contributed by atoms with van der Waals surface area (Å²) in [6, 6.07) is 12.1. The molecule has 0 amide bonds. The zero-order valence-corrected chi connectivity index (χ0v) is 14.6. The van der Waals surface area contributed by atoms with Gasteiger partial charge in [-0.3, -0.25) is 4.72 Å². The third-order valence-corrected chi connectivity index (χ3v) is 4.74. The number of hydrogen-bond donors (Lipinski definition) is 2. The number of halogens is 1. The van der Waals surface area contributed by atoms with Crippen LogP contribution < -0.4 is 14.8 Å². The lowest BCUT2D eigenvalue weighted by molar-refractivity contribution is 0.417. The van der Waals surface area contributed by atoms with E-state index in [1.807, 2.05) is 0 Å². The molecule has 124 valence electrons. The monoisotopic (exact) mass is 355 g/mol. The van der Waals surface area contributed by atoms with E-state index >= 15 is 0 Å². The van der Waals surface area contributed by atoms with Gasteiger partial charge in [-0.25, -0.2) is 0 Å². The number of benzene rings is 2. The predicted molar refractivity (Wildman–Crippen MR) is 94.0 cm³/mol. The highest BCUT2D eigenvalue weighted by molar-refractivity contribution is 7.90. The van der Waals surface area contributed by atoms with Crippen molar-refractivity contribution in [3.8, 4) is 5.75 Å². The van der Waals surface area contributed by atoms with Crippen LogP contribution in [0.25, 0.3) is 0 Å². The van der Waals surface area contributed by atoms with Gasteiger partial charge in [-0.15, -0.1) is 0 Å². The van der Waals surface area contributed by atoms with Gasteiger partial charge in [0.1, 0.15) is 5.75 Å². The van der Waals surface area contributed by atoms with E-state index in [0.29, 0.717) is 16.5 Å². The Morgan fingerprint density at radius 3 is 2.22 bits per heavy atom. The molecule has 0 saturated heterocycles. The molecule has 0 aliphatic carbocycles. The average Bonchev–Trinajstić information content (AvgIpc) is 2.49. The molecular weight excluding hydrogens is 338 g/mol. The molecule has 23 heavy (non-hydrogen) atoms. The minimum atomic E-state index is -3.51. The quantitative estimate of drug-likeness (QED) is 0.834. The number of methoxy groups -OCH3 is 1. The molecule has 0 radical (unpaired) electrons. The molecule has 0 fully saturated rings. The Balaban J connectivity index is 2.16. The van der Waals surface area contributed by atoms with Crippen molar-refractivity contribution in [2.24, 2.45) is 0 Å². The van der Waals surface area contributed by atoms with Gasteiger partial charge in [-0.05, 0) is 42.5 Å². The fraction of sp³-hybridized carbons (Fsp3) is 0.200. The van der Waals surface area contributed by atoms with Gasteiger partial charge < -0.3 is 10.1 Å². The van der Waals surface area contributed by atoms with E-state index in [1.54, 1.807) is 49.6 Å². The van der Waals surface area contributed by atoms with Crippen LogP contribution in [0.4, 0.5) is 17.1 Å². The minimum Gasteiger partial charge on any atom is -0.495 e. The van der Waals surface area contributed by atoms with Crippen molar-refractivity contribution in [3.63, 3.8) is 0 Å². The number of nitrogens with zero attached hydrogens (tertiary/aromatic N) is 1. The van der Waals surface area contributed by atoms with E-state index in [9.17, 15) is 8.42 Å². The molecule has 0 aromatic heterocycles. The first-order valence-electron chi connectivity index (χ1n) is 6.73. The van der Waals surface area contributed by atoms with E-state index < -0.39 is 10.2 Å². The summed E-state index contributed by atoms with van der Waals surface area (Å²) in [7, 11) is 0.987. The Morgan fingerprint density at radius 2 is 1.65 bits per heavy atom. The largest absolute Gasteiger partial charge is 0.495 e. The molecule has 0 unspecified atom stereocenters. The molecule has 0 atom stereocenters. The van der Waals surface area contributed by atoms with Crippen molar-refractivity contribution in [2.75, 3.05) is 31.2 Å². The number of ether oxygens (including phenoxy) is 1. The van der Waals surface area contributed by atoms with E-state index in [-0.39, 0.29) is 0 Å². The lowest BCUT2D eigenvalue weighted by atomic mass is 10.2. The second-order valence-electron chi connectivity index (χ2n) is 4.94. The molecular formula is C15H18ClN3O3S.